The highest BCUT2D eigenvalue weighted by molar-refractivity contribution is 7.92. The topological polar surface area (TPSA) is 115 Å². The number of sulfonamides is 1. The van der Waals surface area contributed by atoms with Crippen LogP contribution in [0.1, 0.15) is 24.2 Å². The number of anilines is 1. The van der Waals surface area contributed by atoms with Gasteiger partial charge in [-0.25, -0.2) is 22.7 Å². The summed E-state index contributed by atoms with van der Waals surface area (Å²) in [4.78, 5) is 12.4. The number of nitrogens with zero attached hydrogens (tertiary/aromatic N) is 6. The molecule has 3 aromatic rings. The molecule has 13 heteroatoms. The highest BCUT2D eigenvalue weighted by Gasteiger charge is 2.24. The van der Waals surface area contributed by atoms with Gasteiger partial charge in [-0.2, -0.15) is 8.78 Å². The Bertz CT molecular complexity index is 977. The summed E-state index contributed by atoms with van der Waals surface area (Å²) in [5.41, 5.74) is 0. The van der Waals surface area contributed by atoms with Crippen molar-refractivity contribution in [1.29, 1.82) is 0 Å². The zero-order valence-electron chi connectivity index (χ0n) is 13.3. The van der Waals surface area contributed by atoms with E-state index in [1.54, 1.807) is 0 Å². The van der Waals surface area contributed by atoms with Crippen LogP contribution in [0.3, 0.4) is 0 Å². The van der Waals surface area contributed by atoms with Crippen LogP contribution < -0.4 is 4.31 Å². The molecule has 3 heterocycles. The lowest BCUT2D eigenvalue weighted by Gasteiger charge is -2.20. The Hall–Kier alpha value is -2.54. The highest BCUT2D eigenvalue weighted by atomic mass is 32.2. The molecule has 0 atom stereocenters. The van der Waals surface area contributed by atoms with Crippen molar-refractivity contribution in [3.8, 4) is 10.8 Å². The molecule has 0 spiro atoms. The molecule has 138 valence electrons. The number of hydrogen-bond donors (Lipinski definition) is 0. The summed E-state index contributed by atoms with van der Waals surface area (Å²) in [6.07, 6.45) is 2.62. The van der Waals surface area contributed by atoms with Crippen LogP contribution in [0.5, 0.6) is 0 Å². The largest absolute Gasteiger partial charge is 0.414 e. The fourth-order valence-corrected chi connectivity index (χ4v) is 3.84. The molecule has 0 saturated carbocycles. The Balaban J connectivity index is 1.87. The van der Waals surface area contributed by atoms with Crippen molar-refractivity contribution in [3.63, 3.8) is 0 Å². The van der Waals surface area contributed by atoms with E-state index in [4.69, 9.17) is 4.42 Å². The van der Waals surface area contributed by atoms with Crippen LogP contribution >= 0.6 is 11.3 Å². The number of thiazole rings is 1. The molecule has 0 N–H and O–H groups in total. The summed E-state index contributed by atoms with van der Waals surface area (Å²) >= 11 is 1.05. The van der Waals surface area contributed by atoms with Crippen LogP contribution in [-0.4, -0.2) is 39.3 Å². The molecule has 0 amide bonds. The molecular formula is C13H12F2N6O3S2. The van der Waals surface area contributed by atoms with Crippen molar-refractivity contribution in [3.05, 3.63) is 35.7 Å². The first-order valence-corrected chi connectivity index (χ1v) is 9.66. The number of rotatable bonds is 7. The first kappa shape index (κ1) is 18.3. The fraction of sp³-hybridized carbons (Fsp3) is 0.308. The number of aromatic nitrogens is 5. The van der Waals surface area contributed by atoms with Crippen molar-refractivity contribution in [2.45, 2.75) is 19.9 Å². The van der Waals surface area contributed by atoms with E-state index in [0.717, 1.165) is 15.6 Å². The van der Waals surface area contributed by atoms with E-state index in [1.165, 1.54) is 31.7 Å². The molecule has 0 radical (unpaired) electrons. The SMILES string of the molecule is CCS(=O)(=O)N(Cc1ncc(-c2nnc(C(F)F)o2)s1)c1cnccn1. The molecule has 0 unspecified atom stereocenters. The Morgan fingerprint density at radius 2 is 2.04 bits per heavy atom. The van der Waals surface area contributed by atoms with Gasteiger partial charge in [0, 0.05) is 12.4 Å². The predicted molar refractivity (Wildman–Crippen MR) is 88.0 cm³/mol. The summed E-state index contributed by atoms with van der Waals surface area (Å²) in [5.74, 6) is -0.870. The Morgan fingerprint density at radius 1 is 1.23 bits per heavy atom. The second-order valence-electron chi connectivity index (χ2n) is 4.84. The molecular weight excluding hydrogens is 390 g/mol. The number of hydrogen-bond acceptors (Lipinski definition) is 9. The monoisotopic (exact) mass is 402 g/mol. The molecule has 0 aliphatic rings. The smallest absolute Gasteiger partial charge is 0.314 e. The molecule has 9 nitrogen and oxygen atoms in total. The van der Waals surface area contributed by atoms with Gasteiger partial charge in [-0.3, -0.25) is 4.98 Å². The van der Waals surface area contributed by atoms with Gasteiger partial charge in [0.2, 0.25) is 10.0 Å². The fourth-order valence-electron chi connectivity index (χ4n) is 1.93. The second-order valence-corrected chi connectivity index (χ2v) is 8.13. The summed E-state index contributed by atoms with van der Waals surface area (Å²) in [7, 11) is -3.63. The van der Waals surface area contributed by atoms with Crippen LogP contribution in [-0.2, 0) is 16.6 Å². The molecule has 3 aromatic heterocycles. The van der Waals surface area contributed by atoms with Gasteiger partial charge in [0.25, 0.3) is 11.8 Å². The van der Waals surface area contributed by atoms with Crippen LogP contribution in [0.25, 0.3) is 10.8 Å². The lowest BCUT2D eigenvalue weighted by Crippen LogP contribution is -2.32. The van der Waals surface area contributed by atoms with E-state index >= 15 is 0 Å². The van der Waals surface area contributed by atoms with Crippen LogP contribution in [0, 0.1) is 0 Å². The van der Waals surface area contributed by atoms with Crippen molar-refractivity contribution in [2.75, 3.05) is 10.1 Å². The highest BCUT2D eigenvalue weighted by Crippen LogP contribution is 2.29. The molecule has 0 fully saturated rings. The summed E-state index contributed by atoms with van der Waals surface area (Å²) in [5, 5.41) is 7.20. The average molecular weight is 402 g/mol. The zero-order valence-corrected chi connectivity index (χ0v) is 14.9. The lowest BCUT2D eigenvalue weighted by atomic mass is 10.5. The third kappa shape index (κ3) is 3.83. The maximum Gasteiger partial charge on any atom is 0.314 e. The summed E-state index contributed by atoms with van der Waals surface area (Å²) in [6, 6.07) is 0. The molecule has 0 bridgehead atoms. The van der Waals surface area contributed by atoms with Crippen LogP contribution in [0.15, 0.2) is 29.2 Å². The maximum atomic E-state index is 12.5. The molecule has 0 aliphatic carbocycles. The molecule has 26 heavy (non-hydrogen) atoms. The second kappa shape index (κ2) is 7.37. The average Bonchev–Trinajstić information content (AvgIpc) is 3.29. The lowest BCUT2D eigenvalue weighted by molar-refractivity contribution is 0.116. The van der Waals surface area contributed by atoms with E-state index in [1.807, 2.05) is 0 Å². The van der Waals surface area contributed by atoms with Gasteiger partial charge in [-0.15, -0.1) is 21.5 Å². The Labute approximate surface area is 150 Å². The quantitative estimate of drug-likeness (QED) is 0.591. The van der Waals surface area contributed by atoms with E-state index in [-0.39, 0.29) is 24.0 Å². The first-order valence-electron chi connectivity index (χ1n) is 7.23. The van der Waals surface area contributed by atoms with Crippen molar-refractivity contribution >= 4 is 27.2 Å². The van der Waals surface area contributed by atoms with Gasteiger partial charge in [-0.1, -0.05) is 0 Å². The van der Waals surface area contributed by atoms with Crippen molar-refractivity contribution < 1.29 is 21.6 Å². The Morgan fingerprint density at radius 3 is 2.65 bits per heavy atom. The van der Waals surface area contributed by atoms with Gasteiger partial charge >= 0.3 is 6.43 Å². The Kier molecular flexibility index (Phi) is 5.18. The number of alkyl halides is 2. The predicted octanol–water partition coefficient (Wildman–Crippen LogP) is 2.28. The van der Waals surface area contributed by atoms with E-state index in [2.05, 4.69) is 25.1 Å². The molecule has 3 rings (SSSR count). The summed E-state index contributed by atoms with van der Waals surface area (Å²) < 4.78 is 55.8. The van der Waals surface area contributed by atoms with E-state index in [9.17, 15) is 17.2 Å². The van der Waals surface area contributed by atoms with Gasteiger partial charge in [0.15, 0.2) is 5.82 Å². The minimum absolute atomic E-state index is 0.0879. The van der Waals surface area contributed by atoms with Crippen LogP contribution in [0.2, 0.25) is 0 Å². The first-order chi connectivity index (χ1) is 12.4. The van der Waals surface area contributed by atoms with Gasteiger partial charge in [-0.05, 0) is 6.92 Å². The van der Waals surface area contributed by atoms with Gasteiger partial charge < -0.3 is 4.42 Å². The van der Waals surface area contributed by atoms with Crippen molar-refractivity contribution in [1.82, 2.24) is 25.1 Å². The van der Waals surface area contributed by atoms with E-state index in [0.29, 0.717) is 9.88 Å². The molecule has 0 aliphatic heterocycles. The third-order valence-electron chi connectivity index (χ3n) is 3.18. The minimum Gasteiger partial charge on any atom is -0.414 e. The summed E-state index contributed by atoms with van der Waals surface area (Å²) in [6.45, 7) is 1.42. The molecule has 0 saturated heterocycles. The minimum atomic E-state index is -3.63. The van der Waals surface area contributed by atoms with Gasteiger partial charge in [0.05, 0.1) is 24.7 Å². The van der Waals surface area contributed by atoms with Crippen LogP contribution in [0.4, 0.5) is 14.6 Å². The van der Waals surface area contributed by atoms with Crippen molar-refractivity contribution in [2.24, 2.45) is 0 Å². The third-order valence-corrected chi connectivity index (χ3v) is 5.86. The van der Waals surface area contributed by atoms with Gasteiger partial charge in [0.1, 0.15) is 9.88 Å². The van der Waals surface area contributed by atoms with E-state index < -0.39 is 22.3 Å². The normalized spacial score (nSPS) is 11.8. The number of halogens is 2. The maximum absolute atomic E-state index is 12.5. The standard InChI is InChI=1S/C13H12F2N6O3S2/c1-2-26(22,23)21(9-6-16-3-4-17-9)7-10-18-5-8(25-10)12-19-20-13(24-12)11(14)15/h3-6,11H,2,7H2,1H3. The molecule has 0 aromatic carbocycles. The zero-order chi connectivity index (χ0) is 18.7.